The zero-order valence-electron chi connectivity index (χ0n) is 11.6. The summed E-state index contributed by atoms with van der Waals surface area (Å²) in [4.78, 5) is 4.46. The molecule has 0 amide bonds. The fourth-order valence-electron chi connectivity index (χ4n) is 2.41. The first-order chi connectivity index (χ1) is 10.2. The van der Waals surface area contributed by atoms with Gasteiger partial charge >= 0.3 is 0 Å². The van der Waals surface area contributed by atoms with Gasteiger partial charge in [-0.1, -0.05) is 18.2 Å². The minimum absolute atomic E-state index is 0.116. The third-order valence-electron chi connectivity index (χ3n) is 3.39. The number of imidazole rings is 1. The highest BCUT2D eigenvalue weighted by molar-refractivity contribution is 5.82. The molecule has 0 saturated heterocycles. The second-order valence-electron chi connectivity index (χ2n) is 4.70. The van der Waals surface area contributed by atoms with E-state index in [-0.39, 0.29) is 11.3 Å². The number of hydrogen-bond donors (Lipinski definition) is 1. The first-order valence-electron chi connectivity index (χ1n) is 6.64. The van der Waals surface area contributed by atoms with E-state index in [9.17, 15) is 9.50 Å². The van der Waals surface area contributed by atoms with Gasteiger partial charge in [-0.2, -0.15) is 0 Å². The van der Waals surface area contributed by atoms with Crippen LogP contribution in [0.2, 0.25) is 0 Å². The molecule has 0 radical (unpaired) electrons. The Hall–Kier alpha value is -2.40. The Balaban J connectivity index is 2.26. The summed E-state index contributed by atoms with van der Waals surface area (Å²) in [6.45, 7) is 1.00. The summed E-state index contributed by atoms with van der Waals surface area (Å²) < 4.78 is 21.1. The van der Waals surface area contributed by atoms with E-state index < -0.39 is 5.82 Å². The summed E-state index contributed by atoms with van der Waals surface area (Å²) in [7, 11) is 1.61. The van der Waals surface area contributed by atoms with Gasteiger partial charge in [0.25, 0.3) is 0 Å². The van der Waals surface area contributed by atoms with Crippen LogP contribution >= 0.6 is 0 Å². The molecule has 21 heavy (non-hydrogen) atoms. The highest BCUT2D eigenvalue weighted by atomic mass is 19.1. The maximum atomic E-state index is 14.1. The van der Waals surface area contributed by atoms with Crippen molar-refractivity contribution in [3.63, 3.8) is 0 Å². The summed E-state index contributed by atoms with van der Waals surface area (Å²) in [5, 5.41) is 10.00. The van der Waals surface area contributed by atoms with E-state index in [1.807, 2.05) is 28.8 Å². The Morgan fingerprint density at radius 1 is 1.19 bits per heavy atom. The topological polar surface area (TPSA) is 47.3 Å². The number of benzene rings is 2. The number of aromatic nitrogens is 2. The molecule has 4 nitrogen and oxygen atoms in total. The largest absolute Gasteiger partial charge is 0.507 e. The molecule has 1 heterocycles. The maximum Gasteiger partial charge on any atom is 0.147 e. The lowest BCUT2D eigenvalue weighted by Gasteiger charge is -2.10. The molecule has 3 rings (SSSR count). The van der Waals surface area contributed by atoms with Gasteiger partial charge in [-0.3, -0.25) is 0 Å². The van der Waals surface area contributed by atoms with Gasteiger partial charge in [0, 0.05) is 13.7 Å². The van der Waals surface area contributed by atoms with Crippen molar-refractivity contribution in [3.8, 4) is 17.1 Å². The van der Waals surface area contributed by atoms with E-state index in [1.165, 1.54) is 18.2 Å². The first-order valence-corrected chi connectivity index (χ1v) is 6.64. The van der Waals surface area contributed by atoms with E-state index in [0.29, 0.717) is 19.0 Å². The highest BCUT2D eigenvalue weighted by Gasteiger charge is 2.18. The molecular formula is C16H15FN2O2. The minimum Gasteiger partial charge on any atom is -0.507 e. The molecule has 1 aromatic heterocycles. The van der Waals surface area contributed by atoms with Crippen molar-refractivity contribution < 1.29 is 14.2 Å². The van der Waals surface area contributed by atoms with E-state index >= 15 is 0 Å². The molecule has 0 unspecified atom stereocenters. The summed E-state index contributed by atoms with van der Waals surface area (Å²) in [6, 6.07) is 11.8. The van der Waals surface area contributed by atoms with Crippen LogP contribution in [-0.4, -0.2) is 28.4 Å². The number of hydrogen-bond acceptors (Lipinski definition) is 3. The molecule has 0 fully saturated rings. The van der Waals surface area contributed by atoms with Crippen molar-refractivity contribution in [2.75, 3.05) is 13.7 Å². The van der Waals surface area contributed by atoms with Gasteiger partial charge in [0.15, 0.2) is 0 Å². The van der Waals surface area contributed by atoms with Crippen LogP contribution in [0, 0.1) is 5.82 Å². The zero-order valence-corrected chi connectivity index (χ0v) is 11.6. The van der Waals surface area contributed by atoms with Gasteiger partial charge in [-0.25, -0.2) is 9.37 Å². The maximum absolute atomic E-state index is 14.1. The quantitative estimate of drug-likeness (QED) is 0.801. The lowest BCUT2D eigenvalue weighted by molar-refractivity contribution is 0.188. The predicted molar refractivity (Wildman–Crippen MR) is 78.7 cm³/mol. The number of phenols is 1. The number of methoxy groups -OCH3 is 1. The smallest absolute Gasteiger partial charge is 0.147 e. The highest BCUT2D eigenvalue weighted by Crippen LogP contribution is 2.33. The number of para-hydroxylation sites is 2. The zero-order chi connectivity index (χ0) is 14.8. The van der Waals surface area contributed by atoms with E-state index in [2.05, 4.69) is 4.98 Å². The van der Waals surface area contributed by atoms with Crippen molar-refractivity contribution in [2.45, 2.75) is 6.54 Å². The van der Waals surface area contributed by atoms with Crippen molar-refractivity contribution in [2.24, 2.45) is 0 Å². The molecular weight excluding hydrogens is 271 g/mol. The predicted octanol–water partition coefficient (Wildman–Crippen LogP) is 3.19. The fraction of sp³-hybridized carbons (Fsp3) is 0.188. The van der Waals surface area contributed by atoms with Crippen molar-refractivity contribution >= 4 is 11.0 Å². The van der Waals surface area contributed by atoms with Gasteiger partial charge in [0.2, 0.25) is 0 Å². The van der Waals surface area contributed by atoms with E-state index in [4.69, 9.17) is 4.74 Å². The van der Waals surface area contributed by atoms with Gasteiger partial charge in [-0.15, -0.1) is 0 Å². The van der Waals surface area contributed by atoms with Crippen LogP contribution in [0.3, 0.4) is 0 Å². The number of halogens is 1. The van der Waals surface area contributed by atoms with Crippen LogP contribution in [0.5, 0.6) is 5.75 Å². The molecule has 0 bridgehead atoms. The lowest BCUT2D eigenvalue weighted by Crippen LogP contribution is -2.06. The Labute approximate surface area is 121 Å². The summed E-state index contributed by atoms with van der Waals surface area (Å²) >= 11 is 0. The monoisotopic (exact) mass is 286 g/mol. The van der Waals surface area contributed by atoms with Crippen LogP contribution in [0.4, 0.5) is 4.39 Å². The molecule has 0 aliphatic rings. The molecule has 0 spiro atoms. The number of aromatic hydroxyl groups is 1. The van der Waals surface area contributed by atoms with Crippen LogP contribution in [0.25, 0.3) is 22.4 Å². The molecule has 0 aliphatic carbocycles. The first kappa shape index (κ1) is 13.6. The molecule has 3 aromatic rings. The number of nitrogens with zero attached hydrogens (tertiary/aromatic N) is 2. The van der Waals surface area contributed by atoms with Gasteiger partial charge in [0.1, 0.15) is 17.4 Å². The summed E-state index contributed by atoms with van der Waals surface area (Å²) in [6.07, 6.45) is 0. The normalized spacial score (nSPS) is 11.1. The SMILES string of the molecule is COCCn1c(-c2c(O)cccc2F)nc2ccccc21. The van der Waals surface area contributed by atoms with Crippen molar-refractivity contribution in [1.29, 1.82) is 0 Å². The number of phenolic OH excluding ortho intramolecular Hbond substituents is 1. The van der Waals surface area contributed by atoms with Gasteiger partial charge in [0.05, 0.1) is 23.2 Å². The van der Waals surface area contributed by atoms with Crippen LogP contribution in [0.1, 0.15) is 0 Å². The second kappa shape index (κ2) is 5.54. The molecule has 0 aliphatic heterocycles. The Morgan fingerprint density at radius 3 is 2.76 bits per heavy atom. The molecule has 2 aromatic carbocycles. The van der Waals surface area contributed by atoms with Crippen molar-refractivity contribution in [3.05, 3.63) is 48.3 Å². The standard InChI is InChI=1S/C16H15FN2O2/c1-21-10-9-19-13-7-3-2-6-12(13)18-16(19)15-11(17)5-4-8-14(15)20/h2-8,20H,9-10H2,1H3. The van der Waals surface area contributed by atoms with E-state index in [0.717, 1.165) is 11.0 Å². The average molecular weight is 286 g/mol. The van der Waals surface area contributed by atoms with Gasteiger partial charge in [-0.05, 0) is 24.3 Å². The number of rotatable bonds is 4. The minimum atomic E-state index is -0.496. The lowest BCUT2D eigenvalue weighted by atomic mass is 10.1. The third-order valence-corrected chi connectivity index (χ3v) is 3.39. The van der Waals surface area contributed by atoms with Gasteiger partial charge < -0.3 is 14.4 Å². The van der Waals surface area contributed by atoms with Crippen molar-refractivity contribution in [1.82, 2.24) is 9.55 Å². The Morgan fingerprint density at radius 2 is 2.00 bits per heavy atom. The number of fused-ring (bicyclic) bond motifs is 1. The molecule has 0 atom stereocenters. The van der Waals surface area contributed by atoms with Crippen LogP contribution in [0.15, 0.2) is 42.5 Å². The fourth-order valence-corrected chi connectivity index (χ4v) is 2.41. The van der Waals surface area contributed by atoms with Crippen LogP contribution in [-0.2, 0) is 11.3 Å². The summed E-state index contributed by atoms with van der Waals surface area (Å²) in [5.74, 6) is -0.211. The second-order valence-corrected chi connectivity index (χ2v) is 4.70. The van der Waals surface area contributed by atoms with Crippen LogP contribution < -0.4 is 0 Å². The van der Waals surface area contributed by atoms with E-state index in [1.54, 1.807) is 7.11 Å². The number of ether oxygens (including phenoxy) is 1. The summed E-state index contributed by atoms with van der Waals surface area (Å²) in [5.41, 5.74) is 1.75. The molecule has 108 valence electrons. The Kier molecular flexibility index (Phi) is 3.58. The molecule has 1 N–H and O–H groups in total. The third kappa shape index (κ3) is 2.36. The Bertz CT molecular complexity index is 763. The molecule has 0 saturated carbocycles. The average Bonchev–Trinajstić information content (AvgIpc) is 2.83. The molecule has 5 heteroatoms.